The molecule has 2 N–H and O–H groups in total. The Bertz CT molecular complexity index is 271. The molecule has 3 heteroatoms. The monoisotopic (exact) mass is 166 g/mol. The Morgan fingerprint density at radius 1 is 1.33 bits per heavy atom. The van der Waals surface area contributed by atoms with E-state index in [1.807, 2.05) is 31.1 Å². The summed E-state index contributed by atoms with van der Waals surface area (Å²) in [5, 5.41) is 12.2. The van der Waals surface area contributed by atoms with E-state index in [4.69, 9.17) is 0 Å². The highest BCUT2D eigenvalue weighted by Gasteiger charge is 2.00. The molecule has 0 spiro atoms. The van der Waals surface area contributed by atoms with Crippen LogP contribution in [0, 0.1) is 0 Å². The van der Waals surface area contributed by atoms with E-state index in [2.05, 4.69) is 5.32 Å². The molecule has 0 aliphatic heterocycles. The maximum atomic E-state index is 9.34. The zero-order valence-corrected chi connectivity index (χ0v) is 7.63. The van der Waals surface area contributed by atoms with Crippen LogP contribution in [0.25, 0.3) is 0 Å². The standard InChI is InChI=1S/C9H14N2O/c1-10-8-6-7(11(2)3)4-5-9(8)12/h4-6,10,12H,1-3H3. The van der Waals surface area contributed by atoms with Gasteiger partial charge in [0.05, 0.1) is 5.69 Å². The zero-order chi connectivity index (χ0) is 9.14. The van der Waals surface area contributed by atoms with Crippen molar-refractivity contribution >= 4 is 11.4 Å². The van der Waals surface area contributed by atoms with Gasteiger partial charge in [0.25, 0.3) is 0 Å². The minimum atomic E-state index is 0.281. The zero-order valence-electron chi connectivity index (χ0n) is 7.63. The minimum Gasteiger partial charge on any atom is -0.506 e. The van der Waals surface area contributed by atoms with E-state index in [1.54, 1.807) is 13.1 Å². The Balaban J connectivity index is 3.05. The van der Waals surface area contributed by atoms with Gasteiger partial charge < -0.3 is 15.3 Å². The van der Waals surface area contributed by atoms with Gasteiger partial charge in [0, 0.05) is 26.8 Å². The summed E-state index contributed by atoms with van der Waals surface area (Å²) in [6.07, 6.45) is 0. The van der Waals surface area contributed by atoms with Gasteiger partial charge in [-0.15, -0.1) is 0 Å². The third-order valence-electron chi connectivity index (χ3n) is 1.77. The summed E-state index contributed by atoms with van der Waals surface area (Å²) in [6, 6.07) is 5.45. The maximum Gasteiger partial charge on any atom is 0.138 e. The molecule has 1 aromatic carbocycles. The maximum absolute atomic E-state index is 9.34. The van der Waals surface area contributed by atoms with E-state index in [1.165, 1.54) is 0 Å². The first-order chi connectivity index (χ1) is 5.65. The summed E-state index contributed by atoms with van der Waals surface area (Å²) >= 11 is 0. The molecule has 0 fully saturated rings. The molecular weight excluding hydrogens is 152 g/mol. The minimum absolute atomic E-state index is 0.281. The molecule has 0 aliphatic rings. The van der Waals surface area contributed by atoms with E-state index in [0.29, 0.717) is 0 Å². The fraction of sp³-hybridized carbons (Fsp3) is 0.333. The van der Waals surface area contributed by atoms with Crippen molar-refractivity contribution in [3.05, 3.63) is 18.2 Å². The van der Waals surface area contributed by atoms with Crippen molar-refractivity contribution in [2.75, 3.05) is 31.4 Å². The van der Waals surface area contributed by atoms with Crippen LogP contribution >= 0.6 is 0 Å². The molecule has 0 saturated heterocycles. The lowest BCUT2D eigenvalue weighted by atomic mass is 10.2. The first kappa shape index (κ1) is 8.71. The highest BCUT2D eigenvalue weighted by Crippen LogP contribution is 2.26. The third kappa shape index (κ3) is 1.61. The molecule has 0 unspecified atom stereocenters. The Morgan fingerprint density at radius 3 is 2.50 bits per heavy atom. The second-order valence-corrected chi connectivity index (χ2v) is 2.85. The number of rotatable bonds is 2. The molecule has 66 valence electrons. The number of benzene rings is 1. The molecule has 0 amide bonds. The van der Waals surface area contributed by atoms with Gasteiger partial charge in [-0.05, 0) is 18.2 Å². The van der Waals surface area contributed by atoms with Gasteiger partial charge in [0.1, 0.15) is 5.75 Å². The van der Waals surface area contributed by atoms with Crippen LogP contribution in [0.1, 0.15) is 0 Å². The van der Waals surface area contributed by atoms with Crippen molar-refractivity contribution < 1.29 is 5.11 Å². The fourth-order valence-electron chi connectivity index (χ4n) is 1.00. The quantitative estimate of drug-likeness (QED) is 0.653. The predicted octanol–water partition coefficient (Wildman–Crippen LogP) is 1.50. The highest BCUT2D eigenvalue weighted by molar-refractivity contribution is 5.64. The lowest BCUT2D eigenvalue weighted by Crippen LogP contribution is -2.08. The Labute approximate surface area is 72.6 Å². The van der Waals surface area contributed by atoms with Crippen molar-refractivity contribution in [1.82, 2.24) is 0 Å². The van der Waals surface area contributed by atoms with Crippen LogP contribution in [0.4, 0.5) is 11.4 Å². The molecule has 3 nitrogen and oxygen atoms in total. The largest absolute Gasteiger partial charge is 0.506 e. The van der Waals surface area contributed by atoms with Crippen LogP contribution < -0.4 is 10.2 Å². The SMILES string of the molecule is CNc1cc(N(C)C)ccc1O. The van der Waals surface area contributed by atoms with Crippen molar-refractivity contribution in [1.29, 1.82) is 0 Å². The van der Waals surface area contributed by atoms with Crippen molar-refractivity contribution in [2.45, 2.75) is 0 Å². The van der Waals surface area contributed by atoms with Crippen LogP contribution in [0.5, 0.6) is 5.75 Å². The summed E-state index contributed by atoms with van der Waals surface area (Å²) in [5.74, 6) is 0.281. The Morgan fingerprint density at radius 2 is 2.00 bits per heavy atom. The number of nitrogens with zero attached hydrogens (tertiary/aromatic N) is 1. The Kier molecular flexibility index (Phi) is 2.43. The molecule has 1 rings (SSSR count). The smallest absolute Gasteiger partial charge is 0.138 e. The molecule has 0 aromatic heterocycles. The second-order valence-electron chi connectivity index (χ2n) is 2.85. The van der Waals surface area contributed by atoms with Crippen LogP contribution in [-0.2, 0) is 0 Å². The van der Waals surface area contributed by atoms with Gasteiger partial charge in [-0.3, -0.25) is 0 Å². The number of aromatic hydroxyl groups is 1. The number of hydrogen-bond acceptors (Lipinski definition) is 3. The van der Waals surface area contributed by atoms with Crippen LogP contribution in [0.15, 0.2) is 18.2 Å². The molecule has 1 aromatic rings. The topological polar surface area (TPSA) is 35.5 Å². The van der Waals surface area contributed by atoms with Crippen LogP contribution in [0.2, 0.25) is 0 Å². The summed E-state index contributed by atoms with van der Waals surface area (Å²) in [6.45, 7) is 0. The van der Waals surface area contributed by atoms with E-state index in [9.17, 15) is 5.11 Å². The van der Waals surface area contributed by atoms with Gasteiger partial charge in [0.15, 0.2) is 0 Å². The average molecular weight is 166 g/mol. The summed E-state index contributed by atoms with van der Waals surface area (Å²) in [4.78, 5) is 1.99. The lowest BCUT2D eigenvalue weighted by molar-refractivity contribution is 0.477. The molecular formula is C9H14N2O. The summed E-state index contributed by atoms with van der Waals surface area (Å²) < 4.78 is 0. The van der Waals surface area contributed by atoms with Gasteiger partial charge >= 0.3 is 0 Å². The predicted molar refractivity (Wildman–Crippen MR) is 52.0 cm³/mol. The van der Waals surface area contributed by atoms with Crippen molar-refractivity contribution in [3.8, 4) is 5.75 Å². The summed E-state index contributed by atoms with van der Waals surface area (Å²) in [5.41, 5.74) is 1.82. The number of anilines is 2. The van der Waals surface area contributed by atoms with Crippen LogP contribution in [0.3, 0.4) is 0 Å². The molecule has 0 aliphatic carbocycles. The normalized spacial score (nSPS) is 9.58. The number of hydrogen-bond donors (Lipinski definition) is 2. The van der Waals surface area contributed by atoms with Gasteiger partial charge in [-0.2, -0.15) is 0 Å². The second kappa shape index (κ2) is 3.34. The van der Waals surface area contributed by atoms with Gasteiger partial charge in [0.2, 0.25) is 0 Å². The molecule has 0 heterocycles. The molecule has 0 bridgehead atoms. The summed E-state index contributed by atoms with van der Waals surface area (Å²) in [7, 11) is 5.71. The van der Waals surface area contributed by atoms with Crippen LogP contribution in [-0.4, -0.2) is 26.2 Å². The number of phenols is 1. The molecule has 0 radical (unpaired) electrons. The number of nitrogens with one attached hydrogen (secondary N) is 1. The molecule has 12 heavy (non-hydrogen) atoms. The first-order valence-corrected chi connectivity index (χ1v) is 3.83. The Hall–Kier alpha value is -1.38. The van der Waals surface area contributed by atoms with Crippen molar-refractivity contribution in [3.63, 3.8) is 0 Å². The fourth-order valence-corrected chi connectivity index (χ4v) is 1.00. The molecule has 0 saturated carbocycles. The van der Waals surface area contributed by atoms with Gasteiger partial charge in [-0.25, -0.2) is 0 Å². The van der Waals surface area contributed by atoms with E-state index >= 15 is 0 Å². The highest BCUT2D eigenvalue weighted by atomic mass is 16.3. The van der Waals surface area contributed by atoms with E-state index in [0.717, 1.165) is 11.4 Å². The average Bonchev–Trinajstić information content (AvgIpc) is 2.05. The lowest BCUT2D eigenvalue weighted by Gasteiger charge is -2.14. The first-order valence-electron chi connectivity index (χ1n) is 3.83. The third-order valence-corrected chi connectivity index (χ3v) is 1.77. The van der Waals surface area contributed by atoms with Gasteiger partial charge in [-0.1, -0.05) is 0 Å². The number of phenolic OH excluding ortho intramolecular Hbond substituents is 1. The molecule has 0 atom stereocenters. The van der Waals surface area contributed by atoms with Crippen molar-refractivity contribution in [2.24, 2.45) is 0 Å². The van der Waals surface area contributed by atoms with E-state index in [-0.39, 0.29) is 5.75 Å². The van der Waals surface area contributed by atoms with E-state index < -0.39 is 0 Å².